The summed E-state index contributed by atoms with van der Waals surface area (Å²) in [7, 11) is 0. The Morgan fingerprint density at radius 2 is 2.17 bits per heavy atom. The number of hydrogen-bond donors (Lipinski definition) is 0. The highest BCUT2D eigenvalue weighted by Gasteiger charge is 2.28. The van der Waals surface area contributed by atoms with Crippen molar-refractivity contribution in [1.29, 1.82) is 0 Å². The second-order valence-corrected chi connectivity index (χ2v) is 6.07. The van der Waals surface area contributed by atoms with Crippen LogP contribution in [0.3, 0.4) is 0 Å². The van der Waals surface area contributed by atoms with E-state index in [1.54, 1.807) is 23.1 Å². The Balaban J connectivity index is 1.58. The molecule has 1 unspecified atom stereocenters. The highest BCUT2D eigenvalue weighted by atomic mass is 16.4. The average molecular weight is 322 g/mol. The van der Waals surface area contributed by atoms with Gasteiger partial charge in [-0.25, -0.2) is 4.68 Å². The van der Waals surface area contributed by atoms with Crippen LogP contribution in [0.5, 0.6) is 0 Å². The molecule has 1 amide bonds. The number of rotatable bonds is 3. The number of hydrogen-bond acceptors (Lipinski definition) is 4. The van der Waals surface area contributed by atoms with Gasteiger partial charge in [-0.3, -0.25) is 4.79 Å². The van der Waals surface area contributed by atoms with Crippen molar-refractivity contribution in [2.75, 3.05) is 11.4 Å². The van der Waals surface area contributed by atoms with Crippen LogP contribution >= 0.6 is 0 Å². The van der Waals surface area contributed by atoms with Crippen LogP contribution in [0.25, 0.3) is 0 Å². The zero-order valence-corrected chi connectivity index (χ0v) is 13.4. The van der Waals surface area contributed by atoms with E-state index in [0.717, 1.165) is 12.1 Å². The maximum atomic E-state index is 12.9. The number of para-hydroxylation sites is 1. The molecule has 1 atom stereocenters. The normalized spacial score (nSPS) is 16.9. The molecule has 1 aliphatic heterocycles. The van der Waals surface area contributed by atoms with Crippen LogP contribution in [0.2, 0.25) is 0 Å². The second kappa shape index (κ2) is 5.96. The molecule has 3 aromatic rings. The first-order valence-corrected chi connectivity index (χ1v) is 8.06. The highest BCUT2D eigenvalue weighted by molar-refractivity contribution is 6.05. The first-order valence-electron chi connectivity index (χ1n) is 8.06. The molecule has 6 heteroatoms. The Morgan fingerprint density at radius 3 is 3.00 bits per heavy atom. The molecule has 0 saturated carbocycles. The van der Waals surface area contributed by atoms with Gasteiger partial charge < -0.3 is 9.32 Å². The van der Waals surface area contributed by atoms with Crippen LogP contribution in [-0.2, 0) is 6.54 Å². The fraction of sp³-hybridized carbons (Fsp3) is 0.278. The summed E-state index contributed by atoms with van der Waals surface area (Å²) in [6, 6.07) is 11.6. The van der Waals surface area contributed by atoms with Crippen LogP contribution in [0.1, 0.15) is 41.1 Å². The Bertz CT molecular complexity index is 854. The van der Waals surface area contributed by atoms with E-state index in [1.165, 1.54) is 5.56 Å². The van der Waals surface area contributed by atoms with Gasteiger partial charge in [-0.15, -0.1) is 5.10 Å². The standard InChI is InChI=1S/C18H18N4O2/c1-13-8-10-22(16-5-3-2-4-15(13)16)18(23)17-7-6-14(24-17)12-21-11-9-19-20-21/h2-7,9,11,13H,8,10,12H2,1H3. The monoisotopic (exact) mass is 322 g/mol. The van der Waals surface area contributed by atoms with E-state index < -0.39 is 0 Å². The van der Waals surface area contributed by atoms with E-state index in [9.17, 15) is 4.79 Å². The summed E-state index contributed by atoms with van der Waals surface area (Å²) < 4.78 is 7.39. The van der Waals surface area contributed by atoms with E-state index in [1.807, 2.05) is 29.2 Å². The Hall–Kier alpha value is -2.89. The summed E-state index contributed by atoms with van der Waals surface area (Å²) in [5.74, 6) is 1.40. The van der Waals surface area contributed by atoms with E-state index in [0.29, 0.717) is 30.5 Å². The molecule has 0 spiro atoms. The van der Waals surface area contributed by atoms with Crippen LogP contribution in [0.15, 0.2) is 53.2 Å². The molecule has 24 heavy (non-hydrogen) atoms. The molecule has 122 valence electrons. The molecule has 0 aliphatic carbocycles. The fourth-order valence-electron chi connectivity index (χ4n) is 3.15. The summed E-state index contributed by atoms with van der Waals surface area (Å²) in [6.45, 7) is 3.36. The van der Waals surface area contributed by atoms with Gasteiger partial charge in [-0.1, -0.05) is 30.3 Å². The van der Waals surface area contributed by atoms with Crippen molar-refractivity contribution in [2.45, 2.75) is 25.8 Å². The maximum absolute atomic E-state index is 12.9. The SMILES string of the molecule is CC1CCN(C(=O)c2ccc(Cn3ccnn3)o2)c2ccccc21. The first kappa shape index (κ1) is 14.7. The Morgan fingerprint density at radius 1 is 1.29 bits per heavy atom. The maximum Gasteiger partial charge on any atom is 0.293 e. The van der Waals surface area contributed by atoms with Crippen LogP contribution < -0.4 is 4.90 Å². The molecule has 4 rings (SSSR count). The zero-order valence-electron chi connectivity index (χ0n) is 13.4. The van der Waals surface area contributed by atoms with Gasteiger partial charge in [-0.05, 0) is 36.1 Å². The van der Waals surface area contributed by atoms with Crippen molar-refractivity contribution < 1.29 is 9.21 Å². The molecule has 0 N–H and O–H groups in total. The molecular formula is C18H18N4O2. The molecule has 1 aromatic carbocycles. The lowest BCUT2D eigenvalue weighted by Gasteiger charge is -2.32. The van der Waals surface area contributed by atoms with E-state index in [4.69, 9.17) is 4.42 Å². The molecule has 0 fully saturated rings. The summed E-state index contributed by atoms with van der Waals surface area (Å²) in [5, 5.41) is 7.67. The summed E-state index contributed by atoms with van der Waals surface area (Å²) in [6.07, 6.45) is 4.32. The molecular weight excluding hydrogens is 304 g/mol. The lowest BCUT2D eigenvalue weighted by Crippen LogP contribution is -2.36. The number of aromatic nitrogens is 3. The zero-order chi connectivity index (χ0) is 16.5. The quantitative estimate of drug-likeness (QED) is 0.743. The van der Waals surface area contributed by atoms with Crippen molar-refractivity contribution in [3.05, 3.63) is 65.9 Å². The van der Waals surface area contributed by atoms with Crippen LogP contribution in [-0.4, -0.2) is 27.4 Å². The predicted molar refractivity (Wildman–Crippen MR) is 89.0 cm³/mol. The number of anilines is 1. The number of benzene rings is 1. The Kier molecular flexibility index (Phi) is 3.65. The number of nitrogens with zero attached hydrogens (tertiary/aromatic N) is 4. The number of amides is 1. The smallest absolute Gasteiger partial charge is 0.293 e. The summed E-state index contributed by atoms with van der Waals surface area (Å²) >= 11 is 0. The third kappa shape index (κ3) is 2.60. The third-order valence-corrected chi connectivity index (χ3v) is 4.45. The number of furan rings is 1. The molecule has 6 nitrogen and oxygen atoms in total. The van der Waals surface area contributed by atoms with Gasteiger partial charge >= 0.3 is 0 Å². The fourth-order valence-corrected chi connectivity index (χ4v) is 3.15. The lowest BCUT2D eigenvalue weighted by molar-refractivity contribution is 0.0955. The number of carbonyl (C=O) groups is 1. The van der Waals surface area contributed by atoms with Crippen molar-refractivity contribution >= 4 is 11.6 Å². The molecule has 3 heterocycles. The van der Waals surface area contributed by atoms with Gasteiger partial charge in [0.15, 0.2) is 5.76 Å². The molecule has 1 aliphatic rings. The summed E-state index contributed by atoms with van der Waals surface area (Å²) in [5.41, 5.74) is 2.20. The lowest BCUT2D eigenvalue weighted by atomic mass is 9.91. The minimum absolute atomic E-state index is 0.0980. The van der Waals surface area contributed by atoms with Crippen molar-refractivity contribution in [3.63, 3.8) is 0 Å². The minimum atomic E-state index is -0.0980. The number of carbonyl (C=O) groups excluding carboxylic acids is 1. The van der Waals surface area contributed by atoms with Crippen LogP contribution in [0.4, 0.5) is 5.69 Å². The minimum Gasteiger partial charge on any atom is -0.454 e. The van der Waals surface area contributed by atoms with Gasteiger partial charge in [0.1, 0.15) is 12.3 Å². The first-order chi connectivity index (χ1) is 11.7. The highest BCUT2D eigenvalue weighted by Crippen LogP contribution is 2.35. The number of fused-ring (bicyclic) bond motifs is 1. The average Bonchev–Trinajstić information content (AvgIpc) is 3.27. The molecule has 0 radical (unpaired) electrons. The van der Waals surface area contributed by atoms with E-state index in [2.05, 4.69) is 23.3 Å². The van der Waals surface area contributed by atoms with Crippen LogP contribution in [0, 0.1) is 0 Å². The van der Waals surface area contributed by atoms with Gasteiger partial charge in [0, 0.05) is 18.4 Å². The van der Waals surface area contributed by atoms with Gasteiger partial charge in [0.2, 0.25) is 0 Å². The van der Waals surface area contributed by atoms with Crippen molar-refractivity contribution in [3.8, 4) is 0 Å². The molecule has 2 aromatic heterocycles. The van der Waals surface area contributed by atoms with Crippen molar-refractivity contribution in [1.82, 2.24) is 15.0 Å². The topological polar surface area (TPSA) is 64.2 Å². The predicted octanol–water partition coefficient (Wildman–Crippen LogP) is 3.07. The second-order valence-electron chi connectivity index (χ2n) is 6.07. The summed E-state index contributed by atoms with van der Waals surface area (Å²) in [4.78, 5) is 14.7. The molecule has 0 saturated heterocycles. The molecule has 0 bridgehead atoms. The van der Waals surface area contributed by atoms with E-state index >= 15 is 0 Å². The van der Waals surface area contributed by atoms with E-state index in [-0.39, 0.29) is 5.91 Å². The van der Waals surface area contributed by atoms with Crippen molar-refractivity contribution in [2.24, 2.45) is 0 Å². The third-order valence-electron chi connectivity index (χ3n) is 4.45. The Labute approximate surface area is 139 Å². The van der Waals surface area contributed by atoms with Gasteiger partial charge in [0.05, 0.1) is 6.20 Å². The van der Waals surface area contributed by atoms with Gasteiger partial charge in [0.25, 0.3) is 5.91 Å². The van der Waals surface area contributed by atoms with Gasteiger partial charge in [-0.2, -0.15) is 0 Å². The largest absolute Gasteiger partial charge is 0.454 e.